The molecule has 128 heavy (non-hydrogen) atoms. The largest absolute Gasteiger partial charge is 0.475 e. The maximum atomic E-state index is 13.6. The van der Waals surface area contributed by atoms with Crippen molar-refractivity contribution < 1.29 is 102 Å². The molecule has 34 nitrogen and oxygen atoms in total. The summed E-state index contributed by atoms with van der Waals surface area (Å²) in [6.07, 6.45) is 56.3. The van der Waals surface area contributed by atoms with Crippen molar-refractivity contribution in [3.8, 4) is 0 Å². The first kappa shape index (κ1) is 125. The van der Waals surface area contributed by atoms with E-state index in [0.717, 1.165) is 148 Å². The Kier molecular flexibility index (Phi) is 91.6. The Morgan fingerprint density at radius 3 is 0.789 bits per heavy atom. The van der Waals surface area contributed by atoms with Gasteiger partial charge in [-0.1, -0.05) is 306 Å². The first-order valence-corrected chi connectivity index (χ1v) is 53.3. The highest BCUT2D eigenvalue weighted by Crippen LogP contribution is 2.51. The van der Waals surface area contributed by atoms with Gasteiger partial charge in [-0.05, 0) is 74.4 Å². The topological polar surface area (TPSA) is 454 Å². The van der Waals surface area contributed by atoms with E-state index in [0.29, 0.717) is 45.1 Å². The number of rotatable bonds is 98. The molecule has 0 aromatic carbocycles. The predicted octanol–water partition coefficient (Wildman–Crippen LogP) is 26.1. The van der Waals surface area contributed by atoms with E-state index < -0.39 is 47.6 Å². The normalized spacial score (nSPS) is 14.1. The molecular formula is C91H175N12O22P3. The Morgan fingerprint density at radius 2 is 0.555 bits per heavy atom. The SMILES string of the molecule is C=CCOP(=O)(OCCN)OC[C@@H](COCC[C@@H](CCCCCCC)OC(=O)CCCCCCCCCCC)N=[N+]=[N-].C=CCOP(=O)(OCCNC(=O)NCCOP(=O)(OCC=C)OCC(COCC[C@@H](CCCCCCC)OC(=O)CCCCCCCCCCC)N=[N+]=[N-])OCC(COCC[C@@H](CCCCCCC)OC(=O)CCCCCCCCCCC)N=[N+]=[N-]. The van der Waals surface area contributed by atoms with E-state index in [1.165, 1.54) is 159 Å². The number of ether oxygens (including phenoxy) is 6. The molecule has 5 unspecified atom stereocenters. The standard InChI is InChI=1S/C61H116N8O15P2.C30H59N4O7P/c1-7-13-17-21-23-25-27-31-35-39-59(70)83-57(37-33-29-19-15-9-3)41-47-75-51-55(66-68-62)53-81-85(73,77-45-11-5)79-49-43-64-61(72)65-44-50-80-86(74,78-46-12-6)82-54-56(67-69-63)52-76-48-42-58(38-34-30-20-16-10-4)84-60(71)40-36-32-28-26-24-22-18-14-8-2;1-4-7-9-11-12-13-14-16-18-20-30(35)41-29(19-17-15-10-8-5-2)21-24-37-26-28(33-34-32)27-40-42(36,38-23-6-3)39-25-22-31/h11-12,55-58H,5-10,13-54H2,1-4H3,(H2,64,65,72);6,28-29H,3-5,7-27,31H2,1-2H3/t55?,56?,57-,58-,85?,86?;28-,29-,42?/m11/s1. The summed E-state index contributed by atoms with van der Waals surface area (Å²) >= 11 is 0. The van der Waals surface area contributed by atoms with Crippen LogP contribution >= 0.6 is 23.5 Å². The van der Waals surface area contributed by atoms with Crippen molar-refractivity contribution in [2.75, 3.05) is 119 Å². The average molecular weight is 1880 g/mol. The fourth-order valence-corrected chi connectivity index (χ4v) is 16.8. The average Bonchev–Trinajstić information content (AvgIpc) is 0.899. The molecule has 0 aliphatic rings. The van der Waals surface area contributed by atoms with Crippen LogP contribution < -0.4 is 16.4 Å². The Labute approximate surface area is 770 Å². The molecule has 0 rings (SSSR count). The van der Waals surface area contributed by atoms with Gasteiger partial charge in [0.25, 0.3) is 0 Å². The second-order valence-electron chi connectivity index (χ2n) is 32.3. The van der Waals surface area contributed by atoms with Crippen LogP contribution in [0.25, 0.3) is 31.3 Å². The maximum absolute atomic E-state index is 13.6. The highest BCUT2D eigenvalue weighted by Gasteiger charge is 2.32. The number of carbonyl (C=O) groups is 4. The number of azide groups is 3. The third-order valence-electron chi connectivity index (χ3n) is 20.5. The summed E-state index contributed by atoms with van der Waals surface area (Å²) in [6.45, 7) is 22.2. The molecule has 0 aromatic rings. The summed E-state index contributed by atoms with van der Waals surface area (Å²) in [5, 5.41) is 16.2. The lowest BCUT2D eigenvalue weighted by atomic mass is 10.1. The molecular weight excluding hydrogens is 1710 g/mol. The van der Waals surface area contributed by atoms with E-state index in [1.807, 2.05) is 0 Å². The molecule has 9 atom stereocenters. The molecule has 0 heterocycles. The van der Waals surface area contributed by atoms with E-state index in [4.69, 9.17) is 80.4 Å². The van der Waals surface area contributed by atoms with Gasteiger partial charge in [0, 0.05) is 72.9 Å². The predicted molar refractivity (Wildman–Crippen MR) is 508 cm³/mol. The molecule has 0 radical (unpaired) electrons. The highest BCUT2D eigenvalue weighted by molar-refractivity contribution is 7.49. The smallest absolute Gasteiger partial charge is 0.462 e. The van der Waals surface area contributed by atoms with Gasteiger partial charge < -0.3 is 44.8 Å². The summed E-state index contributed by atoms with van der Waals surface area (Å²) < 4.78 is 123. The van der Waals surface area contributed by atoms with Crippen LogP contribution in [0.5, 0.6) is 0 Å². The minimum atomic E-state index is -4.27. The first-order valence-electron chi connectivity index (χ1n) is 48.9. The minimum absolute atomic E-state index is 0.0191. The molecule has 4 N–H and O–H groups in total. The van der Waals surface area contributed by atoms with E-state index in [9.17, 15) is 43.9 Å². The van der Waals surface area contributed by atoms with E-state index in [1.54, 1.807) is 0 Å². The second kappa shape index (κ2) is 93.8. The number of phosphoric ester groups is 3. The van der Waals surface area contributed by atoms with Crippen molar-refractivity contribution in [2.24, 2.45) is 21.1 Å². The Hall–Kier alpha value is -5.00. The molecule has 0 spiro atoms. The number of hydrogen-bond donors (Lipinski definition) is 3. The van der Waals surface area contributed by atoms with E-state index in [2.05, 4.69) is 102 Å². The van der Waals surface area contributed by atoms with Crippen LogP contribution in [0.1, 0.15) is 369 Å². The van der Waals surface area contributed by atoms with Gasteiger partial charge in [0.1, 0.15) is 18.3 Å². The third-order valence-corrected chi connectivity index (χ3v) is 24.8. The molecule has 0 aliphatic heterocycles. The molecule has 0 saturated carbocycles. The second-order valence-corrected chi connectivity index (χ2v) is 37.3. The number of amides is 2. The molecule has 0 aromatic heterocycles. The number of nitrogens with two attached hydrogens (primary N) is 1. The van der Waals surface area contributed by atoms with Crippen molar-refractivity contribution in [1.82, 2.24) is 10.6 Å². The minimum Gasteiger partial charge on any atom is -0.462 e. The monoisotopic (exact) mass is 1880 g/mol. The molecule has 0 aliphatic carbocycles. The number of hydrogen-bond acceptors (Lipinski definition) is 26. The fraction of sp³-hybridized carbons (Fsp3) is 0.890. The summed E-state index contributed by atoms with van der Waals surface area (Å²) in [5.41, 5.74) is 32.9. The van der Waals surface area contributed by atoms with Gasteiger partial charge in [-0.2, -0.15) is 0 Å². The van der Waals surface area contributed by atoms with Gasteiger partial charge in [0.05, 0.1) is 117 Å². The van der Waals surface area contributed by atoms with Crippen molar-refractivity contribution in [2.45, 2.75) is 405 Å². The van der Waals surface area contributed by atoms with Crippen LogP contribution in [-0.4, -0.2) is 179 Å². The van der Waals surface area contributed by atoms with Crippen LogP contribution in [0.3, 0.4) is 0 Å². The van der Waals surface area contributed by atoms with Crippen LogP contribution in [-0.2, 0) is 97.2 Å². The molecule has 37 heteroatoms. The number of urea groups is 1. The van der Waals surface area contributed by atoms with Crippen LogP contribution in [0.4, 0.5) is 4.79 Å². The zero-order valence-electron chi connectivity index (χ0n) is 80.0. The van der Waals surface area contributed by atoms with Crippen LogP contribution in [0, 0.1) is 0 Å². The number of nitrogens with one attached hydrogen (secondary N) is 2. The zero-order chi connectivity index (χ0) is 94.4. The zero-order valence-corrected chi connectivity index (χ0v) is 82.7. The van der Waals surface area contributed by atoms with Gasteiger partial charge in [0.2, 0.25) is 0 Å². The summed E-state index contributed by atoms with van der Waals surface area (Å²) in [5.74, 6) is -0.553. The maximum Gasteiger partial charge on any atom is 0.475 e. The van der Waals surface area contributed by atoms with E-state index in [-0.39, 0.29) is 148 Å². The quantitative estimate of drug-likeness (QED) is 0.00744. The Balaban J connectivity index is 0. The number of nitrogens with zero attached hydrogens (tertiary/aromatic N) is 9. The number of unbranched alkanes of at least 4 members (excludes halogenated alkanes) is 36. The van der Waals surface area contributed by atoms with Gasteiger partial charge in [0.15, 0.2) is 0 Å². The lowest BCUT2D eigenvalue weighted by Gasteiger charge is -2.21. The summed E-state index contributed by atoms with van der Waals surface area (Å²) in [7, 11) is -12.4. The van der Waals surface area contributed by atoms with Gasteiger partial charge in [-0.3, -0.25) is 55.1 Å². The van der Waals surface area contributed by atoms with E-state index >= 15 is 0 Å². The van der Waals surface area contributed by atoms with Crippen molar-refractivity contribution >= 4 is 47.4 Å². The van der Waals surface area contributed by atoms with Gasteiger partial charge >= 0.3 is 47.4 Å². The van der Waals surface area contributed by atoms with Crippen LogP contribution in [0.15, 0.2) is 53.3 Å². The van der Waals surface area contributed by atoms with Crippen molar-refractivity contribution in [3.05, 3.63) is 69.3 Å². The summed E-state index contributed by atoms with van der Waals surface area (Å²) in [6, 6.07) is -3.26. The molecule has 2 amide bonds. The fourth-order valence-electron chi connectivity index (χ4n) is 13.2. The number of esters is 3. The number of carbonyl (C=O) groups excluding carboxylic acids is 4. The number of phosphoric acid groups is 3. The Bertz CT molecular complexity index is 2850. The first-order chi connectivity index (χ1) is 62.3. The van der Waals surface area contributed by atoms with Gasteiger partial charge in [-0.25, -0.2) is 18.5 Å². The third kappa shape index (κ3) is 82.9. The molecule has 746 valence electrons. The van der Waals surface area contributed by atoms with Gasteiger partial charge in [-0.15, -0.1) is 19.7 Å². The highest BCUT2D eigenvalue weighted by atomic mass is 31.2. The molecule has 0 bridgehead atoms. The molecule has 0 saturated heterocycles. The van der Waals surface area contributed by atoms with Crippen LogP contribution in [0.2, 0.25) is 0 Å². The molecule has 0 fully saturated rings. The lowest BCUT2D eigenvalue weighted by molar-refractivity contribution is -0.151. The lowest BCUT2D eigenvalue weighted by Crippen LogP contribution is -2.38. The Morgan fingerprint density at radius 1 is 0.320 bits per heavy atom. The van der Waals surface area contributed by atoms with Crippen molar-refractivity contribution in [1.29, 1.82) is 0 Å². The summed E-state index contributed by atoms with van der Waals surface area (Å²) in [4.78, 5) is 59.5. The van der Waals surface area contributed by atoms with Crippen molar-refractivity contribution in [3.63, 3.8) is 0 Å².